The van der Waals surface area contributed by atoms with Crippen LogP contribution < -0.4 is 4.74 Å². The highest BCUT2D eigenvalue weighted by molar-refractivity contribution is 6.00. The Balaban J connectivity index is 1.32. The third-order valence-corrected chi connectivity index (χ3v) is 8.59. The summed E-state index contributed by atoms with van der Waals surface area (Å²) < 4.78 is 19.7. The maximum Gasteiger partial charge on any atom is 0.338 e. The van der Waals surface area contributed by atoms with Crippen LogP contribution in [0.1, 0.15) is 60.9 Å². The molecule has 3 aromatic rings. The lowest BCUT2D eigenvalue weighted by Crippen LogP contribution is -2.56. The Bertz CT molecular complexity index is 1570. The molecule has 4 heterocycles. The minimum absolute atomic E-state index is 0.0338. The number of ether oxygens (including phenoxy) is 3. The number of piperazine rings is 1. The van der Waals surface area contributed by atoms with E-state index in [4.69, 9.17) is 14.2 Å². The molecule has 0 saturated carbocycles. The summed E-state index contributed by atoms with van der Waals surface area (Å²) in [6, 6.07) is 12.9. The third-order valence-electron chi connectivity index (χ3n) is 8.59. The zero-order valence-corrected chi connectivity index (χ0v) is 26.3. The minimum Gasteiger partial charge on any atom is -0.492 e. The first-order valence-electron chi connectivity index (χ1n) is 15.5. The number of likely N-dealkylation sites (N-methyl/N-ethyl adjacent to an activating group) is 1. The first-order valence-corrected chi connectivity index (χ1v) is 15.5. The summed E-state index contributed by atoms with van der Waals surface area (Å²) in [5, 5.41) is 0.925. The van der Waals surface area contributed by atoms with Crippen molar-refractivity contribution in [2.45, 2.75) is 58.4 Å². The molecule has 10 heteroatoms. The van der Waals surface area contributed by atoms with Gasteiger partial charge >= 0.3 is 5.97 Å². The van der Waals surface area contributed by atoms with Gasteiger partial charge in [-0.15, -0.1) is 0 Å². The number of benzene rings is 2. The average Bonchev–Trinajstić information content (AvgIpc) is 3.28. The number of nitrogens with zero attached hydrogens (tertiary/aromatic N) is 4. The van der Waals surface area contributed by atoms with Crippen LogP contribution >= 0.6 is 0 Å². The number of aromatic nitrogens is 1. The molecule has 0 aliphatic carbocycles. The van der Waals surface area contributed by atoms with Crippen LogP contribution in [0.2, 0.25) is 0 Å². The number of amides is 2. The first-order chi connectivity index (χ1) is 21.0. The van der Waals surface area contributed by atoms with E-state index in [-0.39, 0.29) is 30.4 Å². The number of rotatable bonds is 7. The van der Waals surface area contributed by atoms with Crippen molar-refractivity contribution < 1.29 is 28.6 Å². The van der Waals surface area contributed by atoms with Crippen molar-refractivity contribution in [1.29, 1.82) is 0 Å². The highest BCUT2D eigenvalue weighted by Gasteiger charge is 2.44. The molecule has 0 N–H and O–H groups in total. The van der Waals surface area contributed by atoms with E-state index in [1.165, 1.54) is 4.90 Å². The number of hydrogen-bond donors (Lipinski definition) is 0. The number of morpholine rings is 1. The van der Waals surface area contributed by atoms with Crippen molar-refractivity contribution in [2.24, 2.45) is 0 Å². The summed E-state index contributed by atoms with van der Waals surface area (Å²) >= 11 is 0. The molecule has 6 rings (SSSR count). The van der Waals surface area contributed by atoms with Crippen LogP contribution in [0.15, 0.2) is 42.5 Å². The Labute approximate surface area is 258 Å². The van der Waals surface area contributed by atoms with E-state index in [1.807, 2.05) is 45.0 Å². The predicted molar refractivity (Wildman–Crippen MR) is 166 cm³/mol. The molecular formula is C34H42N4O6. The monoisotopic (exact) mass is 602 g/mol. The van der Waals surface area contributed by atoms with Gasteiger partial charge in [0.05, 0.1) is 24.8 Å². The highest BCUT2D eigenvalue weighted by atomic mass is 16.6. The molecule has 0 bridgehead atoms. The van der Waals surface area contributed by atoms with Crippen LogP contribution in [0, 0.1) is 0 Å². The van der Waals surface area contributed by atoms with Gasteiger partial charge in [-0.05, 0) is 63.6 Å². The van der Waals surface area contributed by atoms with E-state index >= 15 is 0 Å². The number of fused-ring (bicyclic) bond motifs is 5. The zero-order chi connectivity index (χ0) is 31.2. The Kier molecular flexibility index (Phi) is 8.15. The second kappa shape index (κ2) is 11.9. The standard InChI is InChI=1S/C34H42N4O6/c1-22-19-36(14-16-42-22)15-17-43-25-10-11-27-26(18-25)30-28(12-13-37-29(39)21-35(5)32(40)31(30)37)38(27)20-23-6-8-24(9-7-23)33(41)44-34(2,3)4/h6-11,18,22,31H,12-17,19-21H2,1-5H3/t22-,31?/m0/s1. The predicted octanol–water partition coefficient (Wildman–Crippen LogP) is 3.64. The van der Waals surface area contributed by atoms with Crippen molar-refractivity contribution in [1.82, 2.24) is 19.3 Å². The largest absolute Gasteiger partial charge is 0.492 e. The summed E-state index contributed by atoms with van der Waals surface area (Å²) in [5.41, 5.74) is 3.87. The minimum atomic E-state index is -0.659. The van der Waals surface area contributed by atoms with Gasteiger partial charge in [0.25, 0.3) is 0 Å². The highest BCUT2D eigenvalue weighted by Crippen LogP contribution is 2.41. The van der Waals surface area contributed by atoms with Gasteiger partial charge in [-0.25, -0.2) is 4.79 Å². The fraction of sp³-hybridized carbons (Fsp3) is 0.500. The van der Waals surface area contributed by atoms with Gasteiger partial charge in [-0.1, -0.05) is 12.1 Å². The molecule has 1 unspecified atom stereocenters. The molecule has 44 heavy (non-hydrogen) atoms. The van der Waals surface area contributed by atoms with Gasteiger partial charge in [0, 0.05) is 68.4 Å². The molecule has 3 aliphatic rings. The number of hydrogen-bond acceptors (Lipinski definition) is 7. The van der Waals surface area contributed by atoms with Gasteiger partial charge in [0.1, 0.15) is 24.0 Å². The quantitative estimate of drug-likeness (QED) is 0.381. The lowest BCUT2D eigenvalue weighted by atomic mass is 9.92. The Morgan fingerprint density at radius 1 is 1.07 bits per heavy atom. The van der Waals surface area contributed by atoms with E-state index in [0.29, 0.717) is 31.7 Å². The van der Waals surface area contributed by atoms with Crippen LogP contribution in [0.4, 0.5) is 0 Å². The fourth-order valence-electron chi connectivity index (χ4n) is 6.53. The van der Waals surface area contributed by atoms with Crippen molar-refractivity contribution >= 4 is 28.7 Å². The maximum atomic E-state index is 13.6. The van der Waals surface area contributed by atoms with Gasteiger partial charge in [0.15, 0.2) is 0 Å². The third kappa shape index (κ3) is 6.05. The molecule has 3 aliphatic heterocycles. The molecule has 234 valence electrons. The molecule has 0 radical (unpaired) electrons. The second-order valence-corrected chi connectivity index (χ2v) is 13.1. The van der Waals surface area contributed by atoms with Gasteiger partial charge in [-0.2, -0.15) is 0 Å². The molecule has 1 aromatic heterocycles. The topological polar surface area (TPSA) is 93.5 Å². The Morgan fingerprint density at radius 3 is 2.57 bits per heavy atom. The molecule has 2 aromatic carbocycles. The van der Waals surface area contributed by atoms with Gasteiger partial charge in [0.2, 0.25) is 11.8 Å². The van der Waals surface area contributed by atoms with Crippen LogP contribution in [0.5, 0.6) is 5.75 Å². The summed E-state index contributed by atoms with van der Waals surface area (Å²) in [4.78, 5) is 44.8. The van der Waals surface area contributed by atoms with E-state index in [2.05, 4.69) is 22.5 Å². The number of esters is 1. The Hall–Kier alpha value is -3.89. The lowest BCUT2D eigenvalue weighted by Gasteiger charge is -2.42. The molecule has 2 amide bonds. The molecule has 0 spiro atoms. The lowest BCUT2D eigenvalue weighted by molar-refractivity contribution is -0.155. The first kappa shape index (κ1) is 30.1. The number of carbonyl (C=O) groups excluding carboxylic acids is 3. The average molecular weight is 603 g/mol. The normalized spacial score (nSPS) is 20.9. The molecule has 2 saturated heterocycles. The van der Waals surface area contributed by atoms with Crippen molar-refractivity contribution in [3.63, 3.8) is 0 Å². The maximum absolute atomic E-state index is 13.6. The van der Waals surface area contributed by atoms with Crippen LogP contribution in [-0.2, 0) is 32.0 Å². The van der Waals surface area contributed by atoms with Gasteiger partial charge in [-0.3, -0.25) is 14.5 Å². The summed E-state index contributed by atoms with van der Waals surface area (Å²) in [6.07, 6.45) is 0.863. The summed E-state index contributed by atoms with van der Waals surface area (Å²) in [6.45, 7) is 12.6. The van der Waals surface area contributed by atoms with E-state index in [9.17, 15) is 14.4 Å². The summed E-state index contributed by atoms with van der Waals surface area (Å²) in [5.74, 6) is 0.279. The fourth-order valence-corrected chi connectivity index (χ4v) is 6.53. The van der Waals surface area contributed by atoms with Crippen molar-refractivity contribution in [2.75, 3.05) is 53.0 Å². The zero-order valence-electron chi connectivity index (χ0n) is 26.3. The van der Waals surface area contributed by atoms with E-state index < -0.39 is 11.6 Å². The Morgan fingerprint density at radius 2 is 1.84 bits per heavy atom. The second-order valence-electron chi connectivity index (χ2n) is 13.1. The van der Waals surface area contributed by atoms with Crippen molar-refractivity contribution in [3.8, 4) is 5.75 Å². The van der Waals surface area contributed by atoms with Crippen LogP contribution in [-0.4, -0.2) is 102 Å². The van der Waals surface area contributed by atoms with E-state index in [1.54, 1.807) is 24.1 Å². The molecule has 2 atom stereocenters. The molecular weight excluding hydrogens is 560 g/mol. The van der Waals surface area contributed by atoms with Gasteiger partial charge < -0.3 is 28.6 Å². The number of carbonyl (C=O) groups is 3. The molecule has 10 nitrogen and oxygen atoms in total. The van der Waals surface area contributed by atoms with Crippen molar-refractivity contribution in [3.05, 3.63) is 64.8 Å². The smallest absolute Gasteiger partial charge is 0.338 e. The summed E-state index contributed by atoms with van der Waals surface area (Å²) in [7, 11) is 1.69. The van der Waals surface area contributed by atoms with Crippen LogP contribution in [0.3, 0.4) is 0 Å². The SMILES string of the molecule is C[C@H]1CN(CCOc2ccc3c(c2)c2c(n3Cc3ccc(C(=O)OC(C)(C)C)cc3)CCN3C(=O)CN(C)C(=O)C23)CCO1. The molecule has 2 fully saturated rings. The van der Waals surface area contributed by atoms with Crippen LogP contribution in [0.25, 0.3) is 10.9 Å². The van der Waals surface area contributed by atoms with E-state index in [0.717, 1.165) is 59.7 Å².